The van der Waals surface area contributed by atoms with Crippen LogP contribution in [0.3, 0.4) is 0 Å². The molecule has 1 aliphatic rings. The molecule has 0 saturated carbocycles. The Balaban J connectivity index is 1.48. The molecular weight excluding hydrogens is 366 g/mol. The third kappa shape index (κ3) is 5.44. The Morgan fingerprint density at radius 3 is 2.48 bits per heavy atom. The van der Waals surface area contributed by atoms with Crippen LogP contribution in [0, 0.1) is 0 Å². The fourth-order valence-corrected chi connectivity index (χ4v) is 3.35. The van der Waals surface area contributed by atoms with Crippen LogP contribution < -0.4 is 0 Å². The van der Waals surface area contributed by atoms with Crippen LogP contribution >= 0.6 is 0 Å². The first kappa shape index (κ1) is 20.6. The van der Waals surface area contributed by atoms with Gasteiger partial charge in [-0.05, 0) is 36.6 Å². The number of carbonyl (C=O) groups is 2. The molecule has 0 aromatic heterocycles. The summed E-state index contributed by atoms with van der Waals surface area (Å²) >= 11 is 0. The van der Waals surface area contributed by atoms with E-state index in [2.05, 4.69) is 5.10 Å². The number of phenols is 1. The van der Waals surface area contributed by atoms with Gasteiger partial charge in [-0.1, -0.05) is 42.5 Å². The molecule has 1 N–H and O–H groups in total. The van der Waals surface area contributed by atoms with Gasteiger partial charge in [0.2, 0.25) is 11.8 Å². The Kier molecular flexibility index (Phi) is 6.65. The van der Waals surface area contributed by atoms with Gasteiger partial charge in [0.1, 0.15) is 5.75 Å². The molecule has 1 unspecified atom stereocenters. The van der Waals surface area contributed by atoms with Gasteiger partial charge in [0, 0.05) is 32.4 Å². The van der Waals surface area contributed by atoms with Gasteiger partial charge in [0.25, 0.3) is 0 Å². The first-order valence-corrected chi connectivity index (χ1v) is 9.91. The Hall–Kier alpha value is -3.15. The van der Waals surface area contributed by atoms with E-state index in [-0.39, 0.29) is 36.4 Å². The lowest BCUT2D eigenvalue weighted by atomic mass is 10.1. The van der Waals surface area contributed by atoms with Crippen molar-refractivity contribution in [1.82, 2.24) is 9.91 Å². The van der Waals surface area contributed by atoms with Crippen molar-refractivity contribution in [3.63, 3.8) is 0 Å². The third-order valence-corrected chi connectivity index (χ3v) is 5.27. The quantitative estimate of drug-likeness (QED) is 0.785. The largest absolute Gasteiger partial charge is 0.508 e. The molecule has 0 radical (unpaired) electrons. The van der Waals surface area contributed by atoms with E-state index in [9.17, 15) is 14.7 Å². The maximum Gasteiger partial charge on any atom is 0.243 e. The zero-order valence-corrected chi connectivity index (χ0v) is 16.9. The van der Waals surface area contributed by atoms with E-state index >= 15 is 0 Å². The van der Waals surface area contributed by atoms with Crippen molar-refractivity contribution in [2.75, 3.05) is 13.6 Å². The van der Waals surface area contributed by atoms with Gasteiger partial charge < -0.3 is 10.0 Å². The zero-order valence-electron chi connectivity index (χ0n) is 16.9. The minimum Gasteiger partial charge on any atom is -0.508 e. The number of nitrogens with zero attached hydrogens (tertiary/aromatic N) is 3. The van der Waals surface area contributed by atoms with E-state index in [4.69, 9.17) is 0 Å². The van der Waals surface area contributed by atoms with Crippen LogP contribution in [0.4, 0.5) is 0 Å². The number of hydrazone groups is 1. The predicted molar refractivity (Wildman–Crippen MR) is 113 cm³/mol. The van der Waals surface area contributed by atoms with Crippen molar-refractivity contribution >= 4 is 17.5 Å². The Labute approximate surface area is 171 Å². The number of hydrogen-bond acceptors (Lipinski definition) is 4. The average Bonchev–Trinajstić information content (AvgIpc) is 3.24. The second kappa shape index (κ2) is 9.37. The van der Waals surface area contributed by atoms with Gasteiger partial charge in [-0.25, -0.2) is 5.01 Å². The first-order valence-electron chi connectivity index (χ1n) is 9.91. The molecule has 0 aliphatic carbocycles. The molecule has 29 heavy (non-hydrogen) atoms. The van der Waals surface area contributed by atoms with Gasteiger partial charge in [-0.2, -0.15) is 5.10 Å². The van der Waals surface area contributed by atoms with E-state index in [1.165, 1.54) is 5.01 Å². The maximum atomic E-state index is 12.5. The number of phenolic OH excluding ortho intramolecular Hbond substituents is 1. The Bertz CT molecular complexity index is 878. The SMILES string of the molecule is CC(Cc1ccc(O)cc1)N(C)C(=O)CCC(=O)N1CCC(c2ccccc2)=N1. The topological polar surface area (TPSA) is 73.2 Å². The maximum absolute atomic E-state index is 12.5. The molecule has 3 rings (SSSR count). The Morgan fingerprint density at radius 2 is 1.79 bits per heavy atom. The summed E-state index contributed by atoms with van der Waals surface area (Å²) in [5, 5.41) is 15.3. The molecule has 0 spiro atoms. The number of amides is 2. The monoisotopic (exact) mass is 393 g/mol. The molecule has 0 saturated heterocycles. The minimum absolute atomic E-state index is 0.00312. The summed E-state index contributed by atoms with van der Waals surface area (Å²) in [5.74, 6) is 0.0456. The van der Waals surface area contributed by atoms with E-state index in [0.717, 1.165) is 23.3 Å². The number of hydrogen-bond donors (Lipinski definition) is 1. The summed E-state index contributed by atoms with van der Waals surface area (Å²) in [4.78, 5) is 26.7. The highest BCUT2D eigenvalue weighted by molar-refractivity contribution is 6.02. The molecule has 6 nitrogen and oxygen atoms in total. The molecule has 6 heteroatoms. The molecule has 0 bridgehead atoms. The second-order valence-corrected chi connectivity index (χ2v) is 7.40. The predicted octanol–water partition coefficient (Wildman–Crippen LogP) is 3.20. The molecule has 1 heterocycles. The highest BCUT2D eigenvalue weighted by atomic mass is 16.3. The summed E-state index contributed by atoms with van der Waals surface area (Å²) < 4.78 is 0. The lowest BCUT2D eigenvalue weighted by molar-refractivity contribution is -0.137. The highest BCUT2D eigenvalue weighted by Gasteiger charge is 2.23. The van der Waals surface area contributed by atoms with Crippen molar-refractivity contribution in [3.05, 3.63) is 65.7 Å². The number of aromatic hydroxyl groups is 1. The molecule has 0 fully saturated rings. The van der Waals surface area contributed by atoms with Crippen LogP contribution in [0.2, 0.25) is 0 Å². The van der Waals surface area contributed by atoms with Crippen LogP contribution in [-0.4, -0.2) is 52.2 Å². The fraction of sp³-hybridized carbons (Fsp3) is 0.348. The zero-order chi connectivity index (χ0) is 20.8. The summed E-state index contributed by atoms with van der Waals surface area (Å²) in [6.45, 7) is 2.54. The summed E-state index contributed by atoms with van der Waals surface area (Å²) in [7, 11) is 1.76. The van der Waals surface area contributed by atoms with E-state index < -0.39 is 0 Å². The summed E-state index contributed by atoms with van der Waals surface area (Å²) in [5.41, 5.74) is 2.98. The Morgan fingerprint density at radius 1 is 1.10 bits per heavy atom. The van der Waals surface area contributed by atoms with Gasteiger partial charge >= 0.3 is 0 Å². The van der Waals surface area contributed by atoms with Crippen molar-refractivity contribution in [2.45, 2.75) is 38.6 Å². The summed E-state index contributed by atoms with van der Waals surface area (Å²) in [6, 6.07) is 16.8. The molecule has 1 aliphatic heterocycles. The highest BCUT2D eigenvalue weighted by Crippen LogP contribution is 2.16. The molecule has 152 valence electrons. The van der Waals surface area contributed by atoms with Crippen molar-refractivity contribution in [2.24, 2.45) is 5.10 Å². The molecular formula is C23H27N3O3. The summed E-state index contributed by atoms with van der Waals surface area (Å²) in [6.07, 6.45) is 1.74. The van der Waals surface area contributed by atoms with Crippen molar-refractivity contribution < 1.29 is 14.7 Å². The lowest BCUT2D eigenvalue weighted by Crippen LogP contribution is -2.37. The minimum atomic E-state index is -0.121. The van der Waals surface area contributed by atoms with Gasteiger partial charge in [-0.15, -0.1) is 0 Å². The van der Waals surface area contributed by atoms with Gasteiger partial charge in [0.15, 0.2) is 0 Å². The smallest absolute Gasteiger partial charge is 0.243 e. The standard InChI is InChI=1S/C23H27N3O3/c1-17(16-18-8-10-20(27)11-9-18)25(2)22(28)12-13-23(29)26-15-14-21(24-26)19-6-4-3-5-7-19/h3-11,17,27H,12-16H2,1-2H3. The van der Waals surface area contributed by atoms with Crippen LogP contribution in [0.25, 0.3) is 0 Å². The number of benzene rings is 2. The van der Waals surface area contributed by atoms with Crippen LogP contribution in [0.1, 0.15) is 37.3 Å². The third-order valence-electron chi connectivity index (χ3n) is 5.27. The lowest BCUT2D eigenvalue weighted by Gasteiger charge is -2.25. The van der Waals surface area contributed by atoms with Crippen molar-refractivity contribution in [3.8, 4) is 5.75 Å². The first-order chi connectivity index (χ1) is 13.9. The molecule has 2 aromatic rings. The van der Waals surface area contributed by atoms with E-state index in [1.54, 1.807) is 24.1 Å². The fourth-order valence-electron chi connectivity index (χ4n) is 3.35. The van der Waals surface area contributed by atoms with Crippen LogP contribution in [-0.2, 0) is 16.0 Å². The second-order valence-electron chi connectivity index (χ2n) is 7.40. The van der Waals surface area contributed by atoms with Gasteiger partial charge in [0.05, 0.1) is 12.3 Å². The van der Waals surface area contributed by atoms with Crippen LogP contribution in [0.5, 0.6) is 5.75 Å². The van der Waals surface area contributed by atoms with E-state index in [0.29, 0.717) is 13.0 Å². The average molecular weight is 393 g/mol. The van der Waals surface area contributed by atoms with Crippen LogP contribution in [0.15, 0.2) is 59.7 Å². The normalized spacial score (nSPS) is 14.4. The molecule has 2 amide bonds. The van der Waals surface area contributed by atoms with E-state index in [1.807, 2.05) is 49.4 Å². The number of rotatable bonds is 7. The number of carbonyl (C=O) groups excluding carboxylic acids is 2. The number of likely N-dealkylation sites (N-methyl/N-ethyl adjacent to an activating group) is 1. The van der Waals surface area contributed by atoms with Crippen molar-refractivity contribution in [1.29, 1.82) is 0 Å². The van der Waals surface area contributed by atoms with Gasteiger partial charge in [-0.3, -0.25) is 9.59 Å². The molecule has 2 aromatic carbocycles. The molecule has 1 atom stereocenters.